The monoisotopic (exact) mass is 347 g/mol. The van der Waals surface area contributed by atoms with E-state index in [0.717, 1.165) is 11.0 Å². The second kappa shape index (κ2) is 6.49. The van der Waals surface area contributed by atoms with E-state index in [2.05, 4.69) is 9.97 Å². The number of hydrogen-bond donors (Lipinski definition) is 0. The van der Waals surface area contributed by atoms with Crippen LogP contribution in [0.2, 0.25) is 5.02 Å². The molecule has 0 aliphatic rings. The van der Waals surface area contributed by atoms with Gasteiger partial charge in [0.15, 0.2) is 17.4 Å². The molecule has 0 radical (unpaired) electrons. The highest BCUT2D eigenvalue weighted by Crippen LogP contribution is 2.42. The van der Waals surface area contributed by atoms with E-state index in [9.17, 15) is 4.39 Å². The molecule has 1 aromatic heterocycles. The van der Waals surface area contributed by atoms with Crippen LogP contribution in [0.15, 0.2) is 36.5 Å². The predicted molar refractivity (Wildman–Crippen MR) is 92.1 cm³/mol. The van der Waals surface area contributed by atoms with Crippen LogP contribution < -0.4 is 14.4 Å². The second-order valence-corrected chi connectivity index (χ2v) is 5.41. The summed E-state index contributed by atoms with van der Waals surface area (Å²) in [5, 5.41) is 0.0826. The fourth-order valence-electron chi connectivity index (χ4n) is 2.38. The van der Waals surface area contributed by atoms with Gasteiger partial charge in [-0.15, -0.1) is 0 Å². The van der Waals surface area contributed by atoms with Crippen LogP contribution in [0.1, 0.15) is 0 Å². The number of anilines is 2. The first-order chi connectivity index (χ1) is 11.6. The van der Waals surface area contributed by atoms with Crippen molar-refractivity contribution in [1.29, 1.82) is 0 Å². The molecule has 0 unspecified atom stereocenters. The number of fused-ring (bicyclic) bond motifs is 1. The minimum atomic E-state index is -0.597. The highest BCUT2D eigenvalue weighted by Gasteiger charge is 2.22. The van der Waals surface area contributed by atoms with Crippen molar-refractivity contribution in [3.63, 3.8) is 0 Å². The average Bonchev–Trinajstić information content (AvgIpc) is 2.61. The molecule has 0 N–H and O–H groups in total. The van der Waals surface area contributed by atoms with Crippen LogP contribution in [0.5, 0.6) is 11.5 Å². The van der Waals surface area contributed by atoms with Crippen LogP contribution in [0.25, 0.3) is 11.0 Å². The van der Waals surface area contributed by atoms with Crippen molar-refractivity contribution in [2.45, 2.75) is 0 Å². The van der Waals surface area contributed by atoms with Gasteiger partial charge in [-0.05, 0) is 12.1 Å². The van der Waals surface area contributed by atoms with Gasteiger partial charge in [-0.2, -0.15) is 0 Å². The minimum absolute atomic E-state index is 0.0772. The van der Waals surface area contributed by atoms with E-state index in [4.69, 9.17) is 21.1 Å². The first kappa shape index (κ1) is 16.3. The van der Waals surface area contributed by atoms with Crippen LogP contribution >= 0.6 is 11.6 Å². The van der Waals surface area contributed by atoms with Crippen molar-refractivity contribution in [1.82, 2.24) is 9.97 Å². The summed E-state index contributed by atoms with van der Waals surface area (Å²) in [5.74, 6) is 0.122. The SMILES string of the molecule is COc1cc(N(C)c2cnc3ccccc3n2)c(F)c(OC)c1Cl. The van der Waals surface area contributed by atoms with E-state index in [0.29, 0.717) is 11.6 Å². The van der Waals surface area contributed by atoms with Gasteiger partial charge in [0.1, 0.15) is 10.8 Å². The number of nitrogens with zero attached hydrogens (tertiary/aromatic N) is 3. The number of para-hydroxylation sites is 2. The van der Waals surface area contributed by atoms with Gasteiger partial charge in [-0.3, -0.25) is 4.98 Å². The van der Waals surface area contributed by atoms with E-state index in [1.165, 1.54) is 20.3 Å². The van der Waals surface area contributed by atoms with Crippen molar-refractivity contribution in [2.24, 2.45) is 0 Å². The van der Waals surface area contributed by atoms with Crippen molar-refractivity contribution in [3.05, 3.63) is 47.4 Å². The zero-order valence-corrected chi connectivity index (χ0v) is 14.1. The van der Waals surface area contributed by atoms with E-state index < -0.39 is 5.82 Å². The Morgan fingerprint density at radius 1 is 1.12 bits per heavy atom. The molecular weight excluding hydrogens is 333 g/mol. The summed E-state index contributed by atoms with van der Waals surface area (Å²) in [6.45, 7) is 0. The average molecular weight is 348 g/mol. The lowest BCUT2D eigenvalue weighted by atomic mass is 10.2. The molecule has 0 saturated carbocycles. The van der Waals surface area contributed by atoms with Gasteiger partial charge >= 0.3 is 0 Å². The molecule has 0 spiro atoms. The maximum atomic E-state index is 14.7. The third kappa shape index (κ3) is 2.69. The van der Waals surface area contributed by atoms with Gasteiger partial charge in [0.05, 0.1) is 37.1 Å². The quantitative estimate of drug-likeness (QED) is 0.707. The van der Waals surface area contributed by atoms with Crippen LogP contribution in [-0.4, -0.2) is 31.2 Å². The van der Waals surface area contributed by atoms with Gasteiger partial charge < -0.3 is 14.4 Å². The molecule has 0 aliphatic heterocycles. The second-order valence-electron chi connectivity index (χ2n) is 5.04. The van der Waals surface area contributed by atoms with Crippen LogP contribution in [0, 0.1) is 5.82 Å². The molecule has 0 amide bonds. The Labute approximate surface area is 143 Å². The molecule has 3 aromatic rings. The molecule has 0 bridgehead atoms. The molecule has 5 nitrogen and oxygen atoms in total. The molecular formula is C17H15ClFN3O2. The number of ether oxygens (including phenoxy) is 2. The Morgan fingerprint density at radius 3 is 2.50 bits per heavy atom. The lowest BCUT2D eigenvalue weighted by molar-refractivity contribution is 0.375. The van der Waals surface area contributed by atoms with E-state index in [-0.39, 0.29) is 16.5 Å². The largest absolute Gasteiger partial charge is 0.495 e. The molecule has 0 atom stereocenters. The summed E-state index contributed by atoms with van der Waals surface area (Å²) in [6.07, 6.45) is 1.58. The normalized spacial score (nSPS) is 10.7. The molecule has 2 aromatic carbocycles. The first-order valence-corrected chi connectivity index (χ1v) is 7.50. The Bertz CT molecular complexity index is 904. The van der Waals surface area contributed by atoms with Gasteiger partial charge in [0.25, 0.3) is 0 Å². The molecule has 0 saturated heterocycles. The molecule has 24 heavy (non-hydrogen) atoms. The van der Waals surface area contributed by atoms with E-state index >= 15 is 0 Å². The summed E-state index contributed by atoms with van der Waals surface area (Å²) >= 11 is 6.08. The Kier molecular flexibility index (Phi) is 4.40. The standard InChI is InChI=1S/C17H15ClFN3O2/c1-22(14-9-20-10-6-4-5-7-11(10)21-14)12-8-13(23-2)15(18)17(24-3)16(12)19/h4-9H,1-3H3. The number of halogens is 2. The summed E-state index contributed by atoms with van der Waals surface area (Å²) < 4.78 is 25.0. The third-order valence-corrected chi connectivity index (χ3v) is 4.03. The lowest BCUT2D eigenvalue weighted by Crippen LogP contribution is -2.14. The lowest BCUT2D eigenvalue weighted by Gasteiger charge is -2.21. The third-order valence-electron chi connectivity index (χ3n) is 3.67. The first-order valence-electron chi connectivity index (χ1n) is 7.12. The Balaban J connectivity index is 2.12. The fourth-order valence-corrected chi connectivity index (χ4v) is 2.67. The molecule has 0 aliphatic carbocycles. The molecule has 7 heteroatoms. The van der Waals surface area contributed by atoms with Gasteiger partial charge in [0, 0.05) is 13.1 Å². The maximum absolute atomic E-state index is 14.7. The Morgan fingerprint density at radius 2 is 1.83 bits per heavy atom. The number of benzene rings is 2. The zero-order valence-electron chi connectivity index (χ0n) is 13.4. The topological polar surface area (TPSA) is 47.5 Å². The van der Waals surface area contributed by atoms with Crippen molar-refractivity contribution in [3.8, 4) is 11.5 Å². The number of aromatic nitrogens is 2. The smallest absolute Gasteiger partial charge is 0.190 e. The number of hydrogen-bond acceptors (Lipinski definition) is 5. The molecule has 0 fully saturated rings. The number of rotatable bonds is 4. The van der Waals surface area contributed by atoms with E-state index in [1.54, 1.807) is 18.1 Å². The Hall–Kier alpha value is -2.60. The maximum Gasteiger partial charge on any atom is 0.190 e. The summed E-state index contributed by atoms with van der Waals surface area (Å²) in [6, 6.07) is 8.96. The predicted octanol–water partition coefficient (Wildman–Crippen LogP) is 4.21. The van der Waals surface area contributed by atoms with Crippen molar-refractivity contribution >= 4 is 34.1 Å². The molecule has 124 valence electrons. The van der Waals surface area contributed by atoms with Gasteiger partial charge in [-0.25, -0.2) is 9.37 Å². The number of methoxy groups -OCH3 is 2. The van der Waals surface area contributed by atoms with Crippen LogP contribution in [0.4, 0.5) is 15.9 Å². The molecule has 1 heterocycles. The van der Waals surface area contributed by atoms with Crippen molar-refractivity contribution in [2.75, 3.05) is 26.2 Å². The summed E-state index contributed by atoms with van der Waals surface area (Å²) in [4.78, 5) is 10.4. The highest BCUT2D eigenvalue weighted by atomic mass is 35.5. The zero-order chi connectivity index (χ0) is 17.3. The van der Waals surface area contributed by atoms with Gasteiger partial charge in [0.2, 0.25) is 0 Å². The summed E-state index contributed by atoms with van der Waals surface area (Å²) in [5.41, 5.74) is 1.70. The molecule has 3 rings (SSSR count). The highest BCUT2D eigenvalue weighted by molar-refractivity contribution is 6.33. The van der Waals surface area contributed by atoms with Crippen LogP contribution in [-0.2, 0) is 0 Å². The van der Waals surface area contributed by atoms with Crippen LogP contribution in [0.3, 0.4) is 0 Å². The van der Waals surface area contributed by atoms with Crippen molar-refractivity contribution < 1.29 is 13.9 Å². The minimum Gasteiger partial charge on any atom is -0.495 e. The summed E-state index contributed by atoms with van der Waals surface area (Å²) in [7, 11) is 4.49. The fraction of sp³-hybridized carbons (Fsp3) is 0.176. The van der Waals surface area contributed by atoms with E-state index in [1.807, 2.05) is 24.3 Å². The van der Waals surface area contributed by atoms with Gasteiger partial charge in [-0.1, -0.05) is 23.7 Å².